The number of nitrogens with zero attached hydrogens (tertiary/aromatic N) is 2. The normalized spacial score (nSPS) is 22.6. The van der Waals surface area contributed by atoms with E-state index in [0.717, 1.165) is 5.69 Å². The third-order valence-corrected chi connectivity index (χ3v) is 2.09. The number of fused-ring (bicyclic) bond motifs is 1. The highest BCUT2D eigenvalue weighted by Crippen LogP contribution is 2.29. The molecule has 5 nitrogen and oxygen atoms in total. The molecule has 0 radical (unpaired) electrons. The fraction of sp³-hybridized carbons (Fsp3) is 0.429. The Morgan fingerprint density at radius 3 is 3.33 bits per heavy atom. The molecule has 1 aromatic rings. The Balaban J connectivity index is 2.41. The maximum atomic E-state index is 10.8. The number of rotatable bonds is 1. The van der Waals surface area contributed by atoms with Gasteiger partial charge < -0.3 is 10.1 Å². The Hall–Kier alpha value is -1.36. The second-order valence-corrected chi connectivity index (χ2v) is 2.92. The summed E-state index contributed by atoms with van der Waals surface area (Å²) in [5.41, 5.74) is 1.55. The van der Waals surface area contributed by atoms with E-state index >= 15 is 0 Å². The van der Waals surface area contributed by atoms with E-state index in [1.807, 2.05) is 0 Å². The molecular weight excluding hydrogens is 158 g/mol. The molecule has 0 amide bonds. The van der Waals surface area contributed by atoms with Crippen molar-refractivity contribution in [2.24, 2.45) is 0 Å². The first-order chi connectivity index (χ1) is 5.70. The molecule has 1 aromatic heterocycles. The molecule has 1 atom stereocenters. The van der Waals surface area contributed by atoms with E-state index < -0.39 is 12.0 Å². The highest BCUT2D eigenvalue weighted by atomic mass is 16.4. The SMILES string of the molecule is CN1Cc2[nH]cnc2C1C(=O)O. The molecule has 64 valence electrons. The summed E-state index contributed by atoms with van der Waals surface area (Å²) in [6.07, 6.45) is 1.54. The predicted octanol–water partition coefficient (Wildman–Crippen LogP) is -0.0192. The van der Waals surface area contributed by atoms with Gasteiger partial charge in [-0.25, -0.2) is 4.98 Å². The first kappa shape index (κ1) is 7.30. The molecule has 0 saturated heterocycles. The van der Waals surface area contributed by atoms with Gasteiger partial charge in [0.15, 0.2) is 6.04 Å². The van der Waals surface area contributed by atoms with Gasteiger partial charge in [0, 0.05) is 6.54 Å². The van der Waals surface area contributed by atoms with Crippen molar-refractivity contribution in [3.8, 4) is 0 Å². The standard InChI is InChI=1S/C7H9N3O2/c1-10-2-4-5(9-3-8-4)6(10)7(11)12/h3,6H,2H2,1H3,(H,8,9)(H,11,12). The average Bonchev–Trinajstić information content (AvgIpc) is 2.44. The minimum Gasteiger partial charge on any atom is -0.480 e. The second-order valence-electron chi connectivity index (χ2n) is 2.92. The van der Waals surface area contributed by atoms with E-state index in [9.17, 15) is 4.79 Å². The molecule has 0 saturated carbocycles. The topological polar surface area (TPSA) is 69.2 Å². The quantitative estimate of drug-likeness (QED) is 0.616. The Bertz CT molecular complexity index is 320. The Morgan fingerprint density at radius 2 is 2.67 bits per heavy atom. The Kier molecular flexibility index (Phi) is 1.41. The molecule has 2 N–H and O–H groups in total. The molecule has 12 heavy (non-hydrogen) atoms. The molecular formula is C7H9N3O2. The lowest BCUT2D eigenvalue weighted by Crippen LogP contribution is -2.24. The summed E-state index contributed by atoms with van der Waals surface area (Å²) in [6.45, 7) is 0.631. The number of nitrogens with one attached hydrogen (secondary N) is 1. The van der Waals surface area contributed by atoms with E-state index in [4.69, 9.17) is 5.11 Å². The third kappa shape index (κ3) is 0.831. The Labute approximate surface area is 69.0 Å². The van der Waals surface area contributed by atoms with Gasteiger partial charge in [-0.3, -0.25) is 9.69 Å². The number of aromatic amines is 1. The molecule has 2 rings (SSSR count). The van der Waals surface area contributed by atoms with Gasteiger partial charge in [0.2, 0.25) is 0 Å². The number of hydrogen-bond acceptors (Lipinski definition) is 3. The zero-order valence-corrected chi connectivity index (χ0v) is 6.61. The number of aliphatic carboxylic acids is 1. The van der Waals surface area contributed by atoms with Gasteiger partial charge in [0.05, 0.1) is 17.7 Å². The van der Waals surface area contributed by atoms with Crippen LogP contribution in [0.15, 0.2) is 6.33 Å². The van der Waals surface area contributed by atoms with Gasteiger partial charge >= 0.3 is 5.97 Å². The van der Waals surface area contributed by atoms with Crippen molar-refractivity contribution in [1.29, 1.82) is 0 Å². The number of carboxylic acids is 1. The molecule has 2 heterocycles. The molecule has 0 aliphatic carbocycles. The molecule has 0 fully saturated rings. The minimum absolute atomic E-state index is 0.578. The largest absolute Gasteiger partial charge is 0.480 e. The average molecular weight is 167 g/mol. The first-order valence-corrected chi connectivity index (χ1v) is 3.65. The van der Waals surface area contributed by atoms with E-state index in [2.05, 4.69) is 9.97 Å². The number of H-pyrrole nitrogens is 1. The third-order valence-electron chi connectivity index (χ3n) is 2.09. The smallest absolute Gasteiger partial charge is 0.327 e. The van der Waals surface area contributed by atoms with Crippen LogP contribution in [-0.2, 0) is 11.3 Å². The van der Waals surface area contributed by atoms with Crippen molar-refractivity contribution in [3.63, 3.8) is 0 Å². The number of likely N-dealkylation sites (N-methyl/N-ethyl adjacent to an activating group) is 1. The number of imidazole rings is 1. The van der Waals surface area contributed by atoms with Gasteiger partial charge in [-0.15, -0.1) is 0 Å². The van der Waals surface area contributed by atoms with Crippen LogP contribution >= 0.6 is 0 Å². The van der Waals surface area contributed by atoms with Gasteiger partial charge in [-0.05, 0) is 7.05 Å². The number of aromatic nitrogens is 2. The van der Waals surface area contributed by atoms with E-state index in [1.54, 1.807) is 11.9 Å². The van der Waals surface area contributed by atoms with Crippen molar-refractivity contribution in [2.45, 2.75) is 12.6 Å². The first-order valence-electron chi connectivity index (χ1n) is 3.65. The zero-order chi connectivity index (χ0) is 8.72. The summed E-state index contributed by atoms with van der Waals surface area (Å²) >= 11 is 0. The fourth-order valence-corrected chi connectivity index (χ4v) is 1.55. The van der Waals surface area contributed by atoms with Crippen LogP contribution in [0.2, 0.25) is 0 Å². The number of carboxylic acid groups (broad SMARTS) is 1. The zero-order valence-electron chi connectivity index (χ0n) is 6.61. The van der Waals surface area contributed by atoms with Crippen LogP contribution < -0.4 is 0 Å². The Morgan fingerprint density at radius 1 is 1.92 bits per heavy atom. The summed E-state index contributed by atoms with van der Waals surface area (Å²) in [5, 5.41) is 8.85. The van der Waals surface area contributed by atoms with E-state index in [1.165, 1.54) is 6.33 Å². The van der Waals surface area contributed by atoms with Gasteiger partial charge in [-0.1, -0.05) is 0 Å². The minimum atomic E-state index is -0.844. The van der Waals surface area contributed by atoms with Crippen molar-refractivity contribution in [1.82, 2.24) is 14.9 Å². The van der Waals surface area contributed by atoms with Crippen molar-refractivity contribution < 1.29 is 9.90 Å². The summed E-state index contributed by atoms with van der Waals surface area (Å²) in [4.78, 5) is 19.4. The van der Waals surface area contributed by atoms with E-state index in [0.29, 0.717) is 12.2 Å². The van der Waals surface area contributed by atoms with Crippen molar-refractivity contribution in [2.75, 3.05) is 7.05 Å². The molecule has 0 bridgehead atoms. The maximum Gasteiger partial charge on any atom is 0.327 e. The van der Waals surface area contributed by atoms with Crippen LogP contribution in [0.5, 0.6) is 0 Å². The molecule has 1 aliphatic rings. The number of hydrogen-bond donors (Lipinski definition) is 2. The molecule has 0 spiro atoms. The van der Waals surface area contributed by atoms with E-state index in [-0.39, 0.29) is 0 Å². The lowest BCUT2D eigenvalue weighted by atomic mass is 10.2. The van der Waals surface area contributed by atoms with Gasteiger partial charge in [0.1, 0.15) is 0 Å². The summed E-state index contributed by atoms with van der Waals surface area (Å²) in [5.74, 6) is -0.844. The van der Waals surface area contributed by atoms with Crippen molar-refractivity contribution in [3.05, 3.63) is 17.7 Å². The van der Waals surface area contributed by atoms with Crippen LogP contribution in [0.1, 0.15) is 17.4 Å². The lowest BCUT2D eigenvalue weighted by Gasteiger charge is -2.13. The van der Waals surface area contributed by atoms with Gasteiger partial charge in [0.25, 0.3) is 0 Å². The van der Waals surface area contributed by atoms with Gasteiger partial charge in [-0.2, -0.15) is 0 Å². The lowest BCUT2D eigenvalue weighted by molar-refractivity contribution is -0.142. The molecule has 5 heteroatoms. The maximum absolute atomic E-state index is 10.8. The predicted molar refractivity (Wildman–Crippen MR) is 40.4 cm³/mol. The van der Waals surface area contributed by atoms with Crippen molar-refractivity contribution >= 4 is 5.97 Å². The summed E-state index contributed by atoms with van der Waals surface area (Å²) < 4.78 is 0. The molecule has 0 aromatic carbocycles. The summed E-state index contributed by atoms with van der Waals surface area (Å²) in [7, 11) is 1.77. The monoisotopic (exact) mass is 167 g/mol. The number of carbonyl (C=O) groups is 1. The van der Waals surface area contributed by atoms with Crippen LogP contribution in [0, 0.1) is 0 Å². The van der Waals surface area contributed by atoms with Crippen LogP contribution in [0.3, 0.4) is 0 Å². The molecule has 1 unspecified atom stereocenters. The highest BCUT2D eigenvalue weighted by Gasteiger charge is 2.35. The second kappa shape index (κ2) is 2.31. The van der Waals surface area contributed by atoms with Crippen LogP contribution in [0.25, 0.3) is 0 Å². The van der Waals surface area contributed by atoms with Crippen LogP contribution in [-0.4, -0.2) is 33.0 Å². The highest BCUT2D eigenvalue weighted by molar-refractivity contribution is 5.76. The summed E-state index contributed by atoms with van der Waals surface area (Å²) in [6, 6.07) is -0.578. The van der Waals surface area contributed by atoms with Crippen LogP contribution in [0.4, 0.5) is 0 Å². The molecule has 1 aliphatic heterocycles. The fourth-order valence-electron chi connectivity index (χ4n) is 1.55.